The molecule has 186 valence electrons. The van der Waals surface area contributed by atoms with Gasteiger partial charge < -0.3 is 24.8 Å². The molecule has 2 fully saturated rings. The molecule has 0 bridgehead atoms. The molecule has 0 aliphatic carbocycles. The number of rotatable bonds is 5. The van der Waals surface area contributed by atoms with Crippen molar-refractivity contribution in [1.29, 1.82) is 0 Å². The van der Waals surface area contributed by atoms with Crippen molar-refractivity contribution in [3.8, 4) is 0 Å². The van der Waals surface area contributed by atoms with Crippen LogP contribution < -0.4 is 16.0 Å². The number of carbonyl (C=O) groups is 3. The number of amides is 3. The zero-order valence-electron chi connectivity index (χ0n) is 18.4. The average molecular weight is 493 g/mol. The summed E-state index contributed by atoms with van der Waals surface area (Å²) < 4.78 is 55.2. The van der Waals surface area contributed by atoms with Gasteiger partial charge in [-0.2, -0.15) is 13.2 Å². The highest BCUT2D eigenvalue weighted by molar-refractivity contribution is 5.95. The van der Waals surface area contributed by atoms with Gasteiger partial charge in [0.2, 0.25) is 0 Å². The molecule has 12 heteroatoms. The van der Waals surface area contributed by atoms with Crippen molar-refractivity contribution in [1.82, 2.24) is 5.32 Å². The minimum absolute atomic E-state index is 0.00233. The Morgan fingerprint density at radius 3 is 2.34 bits per heavy atom. The normalized spacial score (nSPS) is 23.3. The topological polar surface area (TPSA) is 115 Å². The van der Waals surface area contributed by atoms with E-state index >= 15 is 0 Å². The van der Waals surface area contributed by atoms with Crippen molar-refractivity contribution >= 4 is 29.3 Å². The molecule has 0 unspecified atom stereocenters. The Hall–Kier alpha value is -3.64. The third-order valence-corrected chi connectivity index (χ3v) is 5.57. The van der Waals surface area contributed by atoms with Crippen molar-refractivity contribution < 1.29 is 41.8 Å². The molecule has 4 rings (SSSR count). The zero-order valence-corrected chi connectivity index (χ0v) is 18.4. The van der Waals surface area contributed by atoms with Crippen molar-refractivity contribution in [3.63, 3.8) is 0 Å². The van der Waals surface area contributed by atoms with Crippen LogP contribution in [0.4, 0.5) is 34.1 Å². The molecule has 3 amide bonds. The number of alkyl halides is 3. The molecule has 0 spiro atoms. The molecular formula is C23H22F3N3O6. The molecule has 2 aromatic rings. The van der Waals surface area contributed by atoms with Gasteiger partial charge in [0.25, 0.3) is 0 Å². The number of halogens is 3. The first kappa shape index (κ1) is 24.5. The quantitative estimate of drug-likeness (QED) is 0.546. The van der Waals surface area contributed by atoms with E-state index in [4.69, 9.17) is 14.2 Å². The highest BCUT2D eigenvalue weighted by Crippen LogP contribution is 2.31. The number of nitrogens with one attached hydrogen (secondary N) is 3. The van der Waals surface area contributed by atoms with Crippen LogP contribution in [0.25, 0.3) is 0 Å². The highest BCUT2D eigenvalue weighted by Gasteiger charge is 2.50. The Labute approximate surface area is 197 Å². The van der Waals surface area contributed by atoms with Crippen molar-refractivity contribution in [2.45, 2.75) is 37.5 Å². The molecule has 2 heterocycles. The van der Waals surface area contributed by atoms with Gasteiger partial charge in [-0.05, 0) is 49.4 Å². The van der Waals surface area contributed by atoms with Crippen LogP contribution in [0.2, 0.25) is 0 Å². The number of hydrogen-bond acceptors (Lipinski definition) is 6. The van der Waals surface area contributed by atoms with Gasteiger partial charge in [-0.1, -0.05) is 6.07 Å². The van der Waals surface area contributed by atoms with Crippen LogP contribution in [0.3, 0.4) is 0 Å². The standard InChI is InChI=1S/C23H22F3N3O6/c1-12(30)13-5-7-15(8-6-13)27-21(31)29-17-10-33-20-18(11-34-19(17)20)35-22(32)28-16-4-2-3-14(9-16)23(24,25)26/h2-9,17-20H,10-11H2,1H3,(H,28,32)(H2,27,29,31)/t17-,18+,19+,20+/m0/s1. The number of Topliss-reactive ketones (excluding diaryl/α,β-unsaturated/α-hetero) is 1. The summed E-state index contributed by atoms with van der Waals surface area (Å²) >= 11 is 0. The van der Waals surface area contributed by atoms with Crippen LogP contribution in [-0.4, -0.2) is 55.5 Å². The lowest BCUT2D eigenvalue weighted by Gasteiger charge is -2.18. The first-order chi connectivity index (χ1) is 16.6. The molecule has 0 aromatic heterocycles. The van der Waals surface area contributed by atoms with Crippen molar-refractivity contribution in [3.05, 3.63) is 59.7 Å². The van der Waals surface area contributed by atoms with Crippen LogP contribution >= 0.6 is 0 Å². The average Bonchev–Trinajstić information content (AvgIpc) is 3.37. The number of benzene rings is 2. The number of fused-ring (bicyclic) bond motifs is 1. The number of ketones is 1. The molecule has 2 aromatic carbocycles. The van der Waals surface area contributed by atoms with Crippen LogP contribution in [0.15, 0.2) is 48.5 Å². The number of carbonyl (C=O) groups excluding carboxylic acids is 3. The molecule has 2 aliphatic rings. The second-order valence-corrected chi connectivity index (χ2v) is 8.08. The van der Waals surface area contributed by atoms with Gasteiger partial charge in [0.1, 0.15) is 12.2 Å². The predicted octanol–water partition coefficient (Wildman–Crippen LogP) is 3.81. The lowest BCUT2D eigenvalue weighted by Crippen LogP contribution is -2.46. The zero-order chi connectivity index (χ0) is 25.2. The Balaban J connectivity index is 1.28. The first-order valence-electron chi connectivity index (χ1n) is 10.7. The van der Waals surface area contributed by atoms with Gasteiger partial charge in [-0.25, -0.2) is 9.59 Å². The van der Waals surface area contributed by atoms with Crippen LogP contribution in [0.5, 0.6) is 0 Å². The lowest BCUT2D eigenvalue weighted by atomic mass is 10.1. The van der Waals surface area contributed by atoms with Gasteiger partial charge in [0, 0.05) is 16.9 Å². The Morgan fingerprint density at radius 1 is 0.943 bits per heavy atom. The molecule has 4 atom stereocenters. The molecule has 2 aliphatic heterocycles. The first-order valence-corrected chi connectivity index (χ1v) is 10.7. The molecule has 3 N–H and O–H groups in total. The van der Waals surface area contributed by atoms with E-state index in [2.05, 4.69) is 16.0 Å². The van der Waals surface area contributed by atoms with E-state index in [1.165, 1.54) is 19.1 Å². The maximum absolute atomic E-state index is 12.9. The van der Waals surface area contributed by atoms with E-state index in [1.54, 1.807) is 24.3 Å². The Morgan fingerprint density at radius 2 is 1.66 bits per heavy atom. The van der Waals surface area contributed by atoms with Crippen molar-refractivity contribution in [2.24, 2.45) is 0 Å². The van der Waals surface area contributed by atoms with E-state index in [0.717, 1.165) is 12.1 Å². The van der Waals surface area contributed by atoms with Crippen LogP contribution in [-0.2, 0) is 20.4 Å². The SMILES string of the molecule is CC(=O)c1ccc(NC(=O)N[C@H]2CO[C@H]3[C@@H]2OC[C@H]3OC(=O)Nc2cccc(C(F)(F)F)c2)cc1. The summed E-state index contributed by atoms with van der Waals surface area (Å²) in [6.45, 7) is 1.55. The second-order valence-electron chi connectivity index (χ2n) is 8.08. The predicted molar refractivity (Wildman–Crippen MR) is 117 cm³/mol. The molecule has 0 saturated carbocycles. The van der Waals surface area contributed by atoms with E-state index in [1.807, 2.05) is 0 Å². The van der Waals surface area contributed by atoms with Gasteiger partial charge in [0.05, 0.1) is 24.8 Å². The molecular weight excluding hydrogens is 471 g/mol. The summed E-state index contributed by atoms with van der Waals surface area (Å²) in [7, 11) is 0. The van der Waals surface area contributed by atoms with Gasteiger partial charge in [0.15, 0.2) is 11.9 Å². The Bertz CT molecular complexity index is 1110. The van der Waals surface area contributed by atoms with E-state index in [0.29, 0.717) is 11.3 Å². The van der Waals surface area contributed by atoms with Gasteiger partial charge in [-0.15, -0.1) is 0 Å². The van der Waals surface area contributed by atoms with E-state index in [9.17, 15) is 27.6 Å². The molecule has 35 heavy (non-hydrogen) atoms. The molecule has 2 saturated heterocycles. The van der Waals surface area contributed by atoms with Gasteiger partial charge in [-0.3, -0.25) is 10.1 Å². The smallest absolute Gasteiger partial charge is 0.416 e. The van der Waals surface area contributed by atoms with Gasteiger partial charge >= 0.3 is 18.3 Å². The number of hydrogen-bond donors (Lipinski definition) is 3. The maximum atomic E-state index is 12.9. The third kappa shape index (κ3) is 5.89. The monoisotopic (exact) mass is 493 g/mol. The fourth-order valence-corrected chi connectivity index (χ4v) is 3.87. The minimum atomic E-state index is -4.54. The minimum Gasteiger partial charge on any atom is -0.441 e. The molecule has 9 nitrogen and oxygen atoms in total. The van der Waals surface area contributed by atoms with Crippen LogP contribution in [0, 0.1) is 0 Å². The summed E-state index contributed by atoms with van der Waals surface area (Å²) in [6.07, 6.45) is -7.53. The summed E-state index contributed by atoms with van der Waals surface area (Å²) in [5.41, 5.74) is 0.0362. The Kier molecular flexibility index (Phi) is 6.94. The highest BCUT2D eigenvalue weighted by atomic mass is 19.4. The van der Waals surface area contributed by atoms with Crippen LogP contribution in [0.1, 0.15) is 22.8 Å². The number of anilines is 2. The third-order valence-electron chi connectivity index (χ3n) is 5.57. The fourth-order valence-electron chi connectivity index (χ4n) is 3.87. The van der Waals surface area contributed by atoms with E-state index in [-0.39, 0.29) is 24.7 Å². The van der Waals surface area contributed by atoms with E-state index < -0.39 is 48.2 Å². The fraction of sp³-hybridized carbons (Fsp3) is 0.348. The summed E-state index contributed by atoms with van der Waals surface area (Å²) in [5.74, 6) is -0.0891. The number of ether oxygens (including phenoxy) is 3. The largest absolute Gasteiger partial charge is 0.441 e. The van der Waals surface area contributed by atoms with Crippen molar-refractivity contribution in [2.75, 3.05) is 23.8 Å². The summed E-state index contributed by atoms with van der Waals surface area (Å²) in [6, 6.07) is 9.54. The second kappa shape index (κ2) is 9.92. The maximum Gasteiger partial charge on any atom is 0.416 e. The summed E-state index contributed by atoms with van der Waals surface area (Å²) in [4.78, 5) is 35.9. The summed E-state index contributed by atoms with van der Waals surface area (Å²) in [5, 5.41) is 7.66. The lowest BCUT2D eigenvalue weighted by molar-refractivity contribution is -0.137. The number of urea groups is 1. The molecule has 0 radical (unpaired) electrons.